The second-order valence-corrected chi connectivity index (χ2v) is 8.40. The maximum atomic E-state index is 13.5. The van der Waals surface area contributed by atoms with Crippen LogP contribution < -0.4 is 5.56 Å². The van der Waals surface area contributed by atoms with E-state index < -0.39 is 0 Å². The van der Waals surface area contributed by atoms with Gasteiger partial charge in [-0.2, -0.15) is 0 Å². The van der Waals surface area contributed by atoms with Crippen molar-refractivity contribution in [1.82, 2.24) is 4.57 Å². The summed E-state index contributed by atoms with van der Waals surface area (Å²) in [6.45, 7) is 2.10. The van der Waals surface area contributed by atoms with Gasteiger partial charge in [-0.3, -0.25) is 9.59 Å². The predicted molar refractivity (Wildman–Crippen MR) is 117 cm³/mol. The topological polar surface area (TPSA) is 109 Å². The molecule has 7 nitrogen and oxygen atoms in total. The van der Waals surface area contributed by atoms with Crippen LogP contribution in [0, 0.1) is 12.8 Å². The molecule has 2 aromatic rings. The first kappa shape index (κ1) is 22.7. The van der Waals surface area contributed by atoms with E-state index in [1.54, 1.807) is 23.6 Å². The van der Waals surface area contributed by atoms with Gasteiger partial charge in [0, 0.05) is 18.2 Å². The summed E-state index contributed by atoms with van der Waals surface area (Å²) in [7, 11) is 1.33. The number of pyridine rings is 1. The van der Waals surface area contributed by atoms with Gasteiger partial charge in [-0.15, -0.1) is 0 Å². The lowest BCUT2D eigenvalue weighted by atomic mass is 9.75. The Morgan fingerprint density at radius 1 is 1.10 bits per heavy atom. The first-order chi connectivity index (χ1) is 14.8. The van der Waals surface area contributed by atoms with Gasteiger partial charge in [0.25, 0.3) is 5.56 Å². The molecule has 1 saturated carbocycles. The fraction of sp³-hybridized carbons (Fsp3) is 0.500. The molecule has 168 valence electrons. The molecular weight excluding hydrogens is 398 g/mol. The van der Waals surface area contributed by atoms with Gasteiger partial charge < -0.3 is 24.6 Å². The van der Waals surface area contributed by atoms with E-state index in [4.69, 9.17) is 4.74 Å². The fourth-order valence-electron chi connectivity index (χ4n) is 4.66. The van der Waals surface area contributed by atoms with Gasteiger partial charge >= 0.3 is 5.97 Å². The van der Waals surface area contributed by atoms with Crippen LogP contribution in [0.1, 0.15) is 61.3 Å². The molecule has 1 heterocycles. The Balaban J connectivity index is 1.95. The van der Waals surface area contributed by atoms with E-state index in [1.165, 1.54) is 19.2 Å². The smallest absolute Gasteiger partial charge is 0.306 e. The van der Waals surface area contributed by atoms with Crippen molar-refractivity contribution in [3.05, 3.63) is 51.4 Å². The van der Waals surface area contributed by atoms with Crippen molar-refractivity contribution in [3.63, 3.8) is 0 Å². The van der Waals surface area contributed by atoms with Crippen LogP contribution in [0.25, 0.3) is 0 Å². The van der Waals surface area contributed by atoms with E-state index in [9.17, 15) is 24.9 Å². The molecule has 7 heteroatoms. The Morgan fingerprint density at radius 2 is 1.81 bits per heavy atom. The van der Waals surface area contributed by atoms with Crippen LogP contribution >= 0.6 is 0 Å². The van der Waals surface area contributed by atoms with Gasteiger partial charge in [0.15, 0.2) is 11.5 Å². The quantitative estimate of drug-likeness (QED) is 0.457. The zero-order valence-corrected chi connectivity index (χ0v) is 18.1. The van der Waals surface area contributed by atoms with Gasteiger partial charge in [-0.05, 0) is 55.9 Å². The Hall–Kier alpha value is -2.96. The van der Waals surface area contributed by atoms with Crippen LogP contribution in [0.4, 0.5) is 0 Å². The summed E-state index contributed by atoms with van der Waals surface area (Å²) >= 11 is 0. The van der Waals surface area contributed by atoms with Gasteiger partial charge in [-0.1, -0.05) is 25.3 Å². The number of aryl methyl sites for hydroxylation is 2. The lowest BCUT2D eigenvalue weighted by Gasteiger charge is -2.30. The summed E-state index contributed by atoms with van der Waals surface area (Å²) in [4.78, 5) is 25.6. The molecule has 31 heavy (non-hydrogen) atoms. The maximum absolute atomic E-state index is 13.5. The molecule has 1 aromatic heterocycles. The number of hydrogen-bond donors (Lipinski definition) is 3. The van der Waals surface area contributed by atoms with Crippen molar-refractivity contribution in [2.75, 3.05) is 7.11 Å². The lowest BCUT2D eigenvalue weighted by Crippen LogP contribution is -2.31. The molecule has 0 unspecified atom stereocenters. The number of hydrogen-bond acceptors (Lipinski definition) is 6. The molecule has 0 spiro atoms. The van der Waals surface area contributed by atoms with Crippen molar-refractivity contribution < 1.29 is 24.9 Å². The summed E-state index contributed by atoms with van der Waals surface area (Å²) < 4.78 is 6.48. The molecule has 0 saturated heterocycles. The van der Waals surface area contributed by atoms with E-state index >= 15 is 0 Å². The third kappa shape index (κ3) is 5.21. The average molecular weight is 430 g/mol. The lowest BCUT2D eigenvalue weighted by molar-refractivity contribution is -0.141. The van der Waals surface area contributed by atoms with Gasteiger partial charge in [-0.25, -0.2) is 0 Å². The molecule has 0 aliphatic heterocycles. The summed E-state index contributed by atoms with van der Waals surface area (Å²) in [6.07, 6.45) is 5.61. The largest absolute Gasteiger partial charge is 0.507 e. The Bertz CT molecular complexity index is 990. The Kier molecular flexibility index (Phi) is 7.25. The molecular formula is C24H31NO6. The van der Waals surface area contributed by atoms with Gasteiger partial charge in [0.1, 0.15) is 5.75 Å². The molecule has 0 radical (unpaired) electrons. The van der Waals surface area contributed by atoms with Crippen LogP contribution in [-0.4, -0.2) is 33.0 Å². The number of methoxy groups -OCH3 is 1. The number of esters is 1. The van der Waals surface area contributed by atoms with E-state index in [0.717, 1.165) is 37.7 Å². The predicted octanol–water partition coefficient (Wildman–Crippen LogP) is 3.74. The number of rotatable bonds is 7. The number of benzene rings is 1. The number of carbonyl (C=O) groups is 1. The van der Waals surface area contributed by atoms with Crippen molar-refractivity contribution in [2.45, 2.75) is 64.3 Å². The van der Waals surface area contributed by atoms with Crippen molar-refractivity contribution in [1.29, 1.82) is 0 Å². The molecule has 1 aliphatic carbocycles. The molecule has 0 bridgehead atoms. The normalized spacial score (nSPS) is 15.5. The number of carbonyl (C=O) groups excluding carboxylic acids is 1. The Morgan fingerprint density at radius 3 is 2.45 bits per heavy atom. The minimum absolute atomic E-state index is 0.0683. The Labute approximate surface area is 181 Å². The zero-order chi connectivity index (χ0) is 22.5. The van der Waals surface area contributed by atoms with Crippen molar-refractivity contribution in [3.8, 4) is 17.2 Å². The van der Waals surface area contributed by atoms with Crippen LogP contribution in [0.3, 0.4) is 0 Å². The van der Waals surface area contributed by atoms with Crippen LogP contribution in [0.2, 0.25) is 0 Å². The monoisotopic (exact) mass is 429 g/mol. The number of phenols is 2. The summed E-state index contributed by atoms with van der Waals surface area (Å²) in [5.41, 5.74) is 1.39. The van der Waals surface area contributed by atoms with E-state index in [1.807, 2.05) is 0 Å². The highest BCUT2D eigenvalue weighted by molar-refractivity contribution is 5.70. The first-order valence-corrected chi connectivity index (χ1v) is 10.8. The molecule has 3 rings (SSSR count). The van der Waals surface area contributed by atoms with E-state index in [-0.39, 0.29) is 52.6 Å². The molecule has 1 atom stereocenters. The third-order valence-corrected chi connectivity index (χ3v) is 6.39. The third-order valence-electron chi connectivity index (χ3n) is 6.39. The highest BCUT2D eigenvalue weighted by Gasteiger charge is 2.32. The summed E-state index contributed by atoms with van der Waals surface area (Å²) in [5, 5.41) is 29.9. The highest BCUT2D eigenvalue weighted by Crippen LogP contribution is 2.40. The average Bonchev–Trinajstić information content (AvgIpc) is 2.75. The summed E-state index contributed by atoms with van der Waals surface area (Å²) in [6, 6.07) is 6.16. The van der Waals surface area contributed by atoms with Crippen molar-refractivity contribution in [2.24, 2.45) is 5.92 Å². The first-order valence-electron chi connectivity index (χ1n) is 10.8. The van der Waals surface area contributed by atoms with E-state index in [0.29, 0.717) is 18.7 Å². The number of aromatic nitrogens is 1. The van der Waals surface area contributed by atoms with Gasteiger partial charge in [0.2, 0.25) is 0 Å². The minimum Gasteiger partial charge on any atom is -0.507 e. The second-order valence-electron chi connectivity index (χ2n) is 8.40. The number of aromatic hydroxyl groups is 3. The van der Waals surface area contributed by atoms with Crippen LogP contribution in [0.5, 0.6) is 17.2 Å². The highest BCUT2D eigenvalue weighted by atomic mass is 16.5. The molecule has 3 N–H and O–H groups in total. The fourth-order valence-corrected chi connectivity index (χ4v) is 4.66. The maximum Gasteiger partial charge on any atom is 0.306 e. The van der Waals surface area contributed by atoms with E-state index in [2.05, 4.69) is 0 Å². The molecule has 1 fully saturated rings. The SMILES string of the molecule is COC(=O)C[C@@H](c1c(O)cc(C)n(CCc2ccc(O)c(O)c2)c1=O)C1CCCCC1. The minimum atomic E-state index is -0.388. The summed E-state index contributed by atoms with van der Waals surface area (Å²) in [5.74, 6) is -1.09. The number of nitrogens with zero attached hydrogens (tertiary/aromatic N) is 1. The molecule has 1 aromatic carbocycles. The second kappa shape index (κ2) is 9.90. The number of ether oxygens (including phenoxy) is 1. The standard InChI is InChI=1S/C24H31NO6/c1-15-12-21(28)23(18(14-22(29)31-2)17-6-4-3-5-7-17)24(30)25(15)11-10-16-8-9-19(26)20(27)13-16/h8-9,12-13,17-18,26-28H,3-7,10-11,14H2,1-2H3/t18-/m1/s1. The molecule has 0 amide bonds. The van der Waals surface area contributed by atoms with Crippen molar-refractivity contribution >= 4 is 5.97 Å². The molecule has 1 aliphatic rings. The number of phenolic OH excluding ortho intramolecular Hbond substituents is 2. The zero-order valence-electron chi connectivity index (χ0n) is 18.1. The van der Waals surface area contributed by atoms with Gasteiger partial charge in [0.05, 0.1) is 19.1 Å². The van der Waals surface area contributed by atoms with Crippen LogP contribution in [0.15, 0.2) is 29.1 Å². The van der Waals surface area contributed by atoms with Crippen LogP contribution in [-0.2, 0) is 22.5 Å².